The Balaban J connectivity index is 1.82. The van der Waals surface area contributed by atoms with E-state index in [1.807, 2.05) is 30.3 Å². The molecule has 166 valence electrons. The summed E-state index contributed by atoms with van der Waals surface area (Å²) < 4.78 is 14.9. The minimum absolute atomic E-state index is 0.0779. The molecule has 9 heteroatoms. The van der Waals surface area contributed by atoms with Crippen LogP contribution in [0.5, 0.6) is 0 Å². The number of nitrogens with one attached hydrogen (secondary N) is 1. The topological polar surface area (TPSA) is 121 Å². The third-order valence-electron chi connectivity index (χ3n) is 5.03. The largest absolute Gasteiger partial charge is 0.465 e. The summed E-state index contributed by atoms with van der Waals surface area (Å²) in [6.45, 7) is 1.70. The summed E-state index contributed by atoms with van der Waals surface area (Å²) in [6.07, 6.45) is 0. The van der Waals surface area contributed by atoms with Gasteiger partial charge in [-0.2, -0.15) is 0 Å². The van der Waals surface area contributed by atoms with Gasteiger partial charge in [0, 0.05) is 5.56 Å². The van der Waals surface area contributed by atoms with Crippen LogP contribution >= 0.6 is 0 Å². The van der Waals surface area contributed by atoms with Crippen LogP contribution < -0.4 is 5.32 Å². The summed E-state index contributed by atoms with van der Waals surface area (Å²) in [7, 11) is 2.46. The Kier molecular flexibility index (Phi) is 5.86. The van der Waals surface area contributed by atoms with Gasteiger partial charge < -0.3 is 19.3 Å². The minimum atomic E-state index is -0.673. The maximum atomic E-state index is 13.4. The second-order valence-corrected chi connectivity index (χ2v) is 7.07. The van der Waals surface area contributed by atoms with Gasteiger partial charge in [0.1, 0.15) is 0 Å². The Bertz CT molecular complexity index is 1380. The van der Waals surface area contributed by atoms with Crippen LogP contribution in [-0.2, 0) is 9.47 Å². The highest BCUT2D eigenvalue weighted by atomic mass is 16.5. The van der Waals surface area contributed by atoms with Gasteiger partial charge in [0.25, 0.3) is 11.6 Å². The van der Waals surface area contributed by atoms with Crippen molar-refractivity contribution in [3.8, 4) is 11.3 Å². The molecule has 4 aromatic rings. The summed E-state index contributed by atoms with van der Waals surface area (Å²) in [5.41, 5.74) is 2.56. The molecule has 33 heavy (non-hydrogen) atoms. The Labute approximate surface area is 188 Å². The van der Waals surface area contributed by atoms with Crippen LogP contribution in [0.1, 0.15) is 36.8 Å². The first kappa shape index (κ1) is 21.7. The number of methoxy groups -OCH3 is 2. The number of anilines is 1. The maximum Gasteiger partial charge on any atom is 0.339 e. The number of nitrogens with zero attached hydrogens (tertiary/aromatic N) is 2. The Morgan fingerprint density at radius 1 is 0.909 bits per heavy atom. The van der Waals surface area contributed by atoms with Gasteiger partial charge in [-0.3, -0.25) is 4.79 Å². The number of hydrogen-bond donors (Lipinski definition) is 1. The van der Waals surface area contributed by atoms with Crippen LogP contribution in [0.25, 0.3) is 22.4 Å². The van der Waals surface area contributed by atoms with E-state index in [9.17, 15) is 14.4 Å². The third kappa shape index (κ3) is 4.16. The first-order valence-electron chi connectivity index (χ1n) is 9.87. The van der Waals surface area contributed by atoms with Crippen molar-refractivity contribution in [2.45, 2.75) is 6.92 Å². The molecule has 9 nitrogen and oxygen atoms in total. The van der Waals surface area contributed by atoms with Gasteiger partial charge in [-0.15, -0.1) is 0 Å². The number of fused-ring (bicyclic) bond motifs is 1. The zero-order valence-corrected chi connectivity index (χ0v) is 18.0. The number of carbonyl (C=O) groups is 3. The van der Waals surface area contributed by atoms with Gasteiger partial charge >= 0.3 is 11.9 Å². The Morgan fingerprint density at radius 3 is 2.33 bits per heavy atom. The second-order valence-electron chi connectivity index (χ2n) is 7.07. The SMILES string of the molecule is COC(=O)c1ccc(C(=O)OC)c(NC(=O)c2cc(-c3ccccc3)nc3onc(C)c23)c1. The molecule has 2 aromatic carbocycles. The number of aromatic nitrogens is 2. The fourth-order valence-corrected chi connectivity index (χ4v) is 3.40. The minimum Gasteiger partial charge on any atom is -0.465 e. The lowest BCUT2D eigenvalue weighted by atomic mass is 10.0. The molecule has 1 amide bonds. The summed E-state index contributed by atoms with van der Waals surface area (Å²) in [6, 6.07) is 15.1. The second kappa shape index (κ2) is 8.91. The molecule has 0 aliphatic rings. The highest BCUT2D eigenvalue weighted by Gasteiger charge is 2.22. The molecule has 0 saturated heterocycles. The van der Waals surface area contributed by atoms with E-state index in [1.54, 1.807) is 13.0 Å². The lowest BCUT2D eigenvalue weighted by Gasteiger charge is -2.12. The average Bonchev–Trinajstić information content (AvgIpc) is 3.23. The van der Waals surface area contributed by atoms with Gasteiger partial charge in [-0.25, -0.2) is 14.6 Å². The van der Waals surface area contributed by atoms with E-state index in [0.717, 1.165) is 5.56 Å². The predicted molar refractivity (Wildman–Crippen MR) is 119 cm³/mol. The molecule has 0 saturated carbocycles. The summed E-state index contributed by atoms with van der Waals surface area (Å²) >= 11 is 0. The van der Waals surface area contributed by atoms with Crippen molar-refractivity contribution in [2.24, 2.45) is 0 Å². The average molecular weight is 445 g/mol. The standard InChI is InChI=1S/C24H19N3O6/c1-13-20-17(12-18(26-22(20)33-27-13)14-7-5-4-6-8-14)21(28)25-19-11-15(23(29)31-2)9-10-16(19)24(30)32-3/h4-12H,1-3H3,(H,25,28). The van der Waals surface area contributed by atoms with Crippen LogP contribution in [0.15, 0.2) is 59.1 Å². The molecular weight excluding hydrogens is 426 g/mol. The fourth-order valence-electron chi connectivity index (χ4n) is 3.40. The lowest BCUT2D eigenvalue weighted by Crippen LogP contribution is -2.17. The molecule has 0 spiro atoms. The van der Waals surface area contributed by atoms with Crippen molar-refractivity contribution < 1.29 is 28.4 Å². The summed E-state index contributed by atoms with van der Waals surface area (Å²) in [5.74, 6) is -1.83. The molecule has 2 heterocycles. The first-order valence-corrected chi connectivity index (χ1v) is 9.87. The molecule has 0 unspecified atom stereocenters. The first-order chi connectivity index (χ1) is 15.9. The number of amides is 1. The summed E-state index contributed by atoms with van der Waals surface area (Å²) in [4.78, 5) is 42.1. The smallest absolute Gasteiger partial charge is 0.339 e. The quantitative estimate of drug-likeness (QED) is 0.457. The monoisotopic (exact) mass is 445 g/mol. The molecule has 0 fully saturated rings. The molecule has 0 aliphatic carbocycles. The van der Waals surface area contributed by atoms with Gasteiger partial charge in [0.05, 0.1) is 53.4 Å². The Hall–Kier alpha value is -4.53. The summed E-state index contributed by atoms with van der Waals surface area (Å²) in [5, 5.41) is 7.08. The van der Waals surface area contributed by atoms with Gasteiger partial charge in [-0.1, -0.05) is 35.5 Å². The fraction of sp³-hybridized carbons (Fsp3) is 0.125. The number of aryl methyl sites for hydroxylation is 1. The van der Waals surface area contributed by atoms with Gasteiger partial charge in [0.2, 0.25) is 0 Å². The third-order valence-corrected chi connectivity index (χ3v) is 5.03. The molecule has 0 bridgehead atoms. The van der Waals surface area contributed by atoms with Crippen molar-refractivity contribution in [1.82, 2.24) is 10.1 Å². The van der Waals surface area contributed by atoms with Crippen molar-refractivity contribution in [2.75, 3.05) is 19.5 Å². The van der Waals surface area contributed by atoms with Gasteiger partial charge in [0.15, 0.2) is 0 Å². The highest BCUT2D eigenvalue weighted by Crippen LogP contribution is 2.28. The van der Waals surface area contributed by atoms with E-state index < -0.39 is 17.8 Å². The number of rotatable bonds is 5. The van der Waals surface area contributed by atoms with E-state index >= 15 is 0 Å². The number of hydrogen-bond acceptors (Lipinski definition) is 8. The van der Waals surface area contributed by atoms with Crippen LogP contribution in [0.3, 0.4) is 0 Å². The zero-order valence-electron chi connectivity index (χ0n) is 18.0. The van der Waals surface area contributed by atoms with Crippen molar-refractivity contribution in [3.05, 3.63) is 77.0 Å². The van der Waals surface area contributed by atoms with E-state index in [4.69, 9.17) is 14.0 Å². The van der Waals surface area contributed by atoms with Crippen LogP contribution in [0.4, 0.5) is 5.69 Å². The van der Waals surface area contributed by atoms with Crippen LogP contribution in [0, 0.1) is 6.92 Å². The Morgan fingerprint density at radius 2 is 1.64 bits per heavy atom. The highest BCUT2D eigenvalue weighted by molar-refractivity contribution is 6.15. The number of carbonyl (C=O) groups excluding carboxylic acids is 3. The molecule has 0 radical (unpaired) electrons. The number of ether oxygens (including phenoxy) is 2. The van der Waals surface area contributed by atoms with Crippen molar-refractivity contribution in [1.29, 1.82) is 0 Å². The molecule has 0 aliphatic heterocycles. The van der Waals surface area contributed by atoms with E-state index in [2.05, 4.69) is 15.5 Å². The normalized spacial score (nSPS) is 10.6. The van der Waals surface area contributed by atoms with E-state index in [-0.39, 0.29) is 28.1 Å². The molecule has 0 atom stereocenters. The molecule has 2 aromatic heterocycles. The molecular formula is C24H19N3O6. The predicted octanol–water partition coefficient (Wildman–Crippen LogP) is 4.02. The number of benzene rings is 2. The van der Waals surface area contributed by atoms with Crippen molar-refractivity contribution in [3.63, 3.8) is 0 Å². The van der Waals surface area contributed by atoms with Crippen molar-refractivity contribution >= 4 is 34.6 Å². The number of pyridine rings is 1. The van der Waals surface area contributed by atoms with Gasteiger partial charge in [-0.05, 0) is 31.2 Å². The van der Waals surface area contributed by atoms with E-state index in [0.29, 0.717) is 16.8 Å². The zero-order chi connectivity index (χ0) is 23.5. The van der Waals surface area contributed by atoms with E-state index in [1.165, 1.54) is 32.4 Å². The lowest BCUT2D eigenvalue weighted by molar-refractivity contribution is 0.0587. The van der Waals surface area contributed by atoms with Crippen LogP contribution in [0.2, 0.25) is 0 Å². The molecule has 1 N–H and O–H groups in total. The maximum absolute atomic E-state index is 13.4. The van der Waals surface area contributed by atoms with Crippen LogP contribution in [-0.4, -0.2) is 42.2 Å². The number of esters is 2. The molecule has 4 rings (SSSR count).